The van der Waals surface area contributed by atoms with Gasteiger partial charge in [-0.15, -0.1) is 6.42 Å². The molecule has 1 heterocycles. The maximum Gasteiger partial charge on any atom is 0.279 e. The Bertz CT molecular complexity index is 1320. The molecule has 0 aliphatic rings. The van der Waals surface area contributed by atoms with E-state index >= 15 is 0 Å². The van der Waals surface area contributed by atoms with Gasteiger partial charge in [-0.25, -0.2) is 17.1 Å². The highest BCUT2D eigenvalue weighted by molar-refractivity contribution is 7.89. The van der Waals surface area contributed by atoms with Gasteiger partial charge >= 0.3 is 0 Å². The Labute approximate surface area is 184 Å². The van der Waals surface area contributed by atoms with Crippen LogP contribution in [0.15, 0.2) is 52.4 Å². The molecule has 0 aliphatic heterocycles. The van der Waals surface area contributed by atoms with Gasteiger partial charge in [0, 0.05) is 19.2 Å². The van der Waals surface area contributed by atoms with Crippen LogP contribution in [0.5, 0.6) is 0 Å². The first-order chi connectivity index (χ1) is 14.8. The predicted molar refractivity (Wildman–Crippen MR) is 120 cm³/mol. The van der Waals surface area contributed by atoms with Crippen LogP contribution in [0.25, 0.3) is 10.2 Å². The lowest BCUT2D eigenvalue weighted by atomic mass is 10.2. The summed E-state index contributed by atoms with van der Waals surface area (Å²) >= 11 is 1.16. The van der Waals surface area contributed by atoms with Gasteiger partial charge in [0.2, 0.25) is 10.0 Å². The fourth-order valence-electron chi connectivity index (χ4n) is 2.98. The molecule has 1 aromatic heterocycles. The summed E-state index contributed by atoms with van der Waals surface area (Å²) < 4.78 is 42.4. The molecule has 6 nitrogen and oxygen atoms in total. The van der Waals surface area contributed by atoms with Crippen LogP contribution in [-0.4, -0.2) is 36.8 Å². The number of unbranched alkanes of at least 4 members (excludes halogenated alkanes) is 1. The summed E-state index contributed by atoms with van der Waals surface area (Å²) in [6.45, 7) is 2.60. The van der Waals surface area contributed by atoms with Gasteiger partial charge in [-0.05, 0) is 48.9 Å². The molecule has 1 amide bonds. The molecule has 3 rings (SSSR count). The normalized spacial score (nSPS) is 12.4. The number of halogens is 1. The number of carbonyl (C=O) groups excluding carboxylic acids is 1. The maximum absolute atomic E-state index is 13.6. The topological polar surface area (TPSA) is 71.7 Å². The van der Waals surface area contributed by atoms with Crippen molar-refractivity contribution in [1.82, 2.24) is 8.87 Å². The lowest BCUT2D eigenvalue weighted by molar-refractivity contribution is 0.0998. The zero-order valence-electron chi connectivity index (χ0n) is 17.2. The molecule has 0 spiro atoms. The van der Waals surface area contributed by atoms with Gasteiger partial charge in [-0.1, -0.05) is 30.6 Å². The van der Waals surface area contributed by atoms with E-state index in [1.807, 2.05) is 6.92 Å². The molecule has 0 unspecified atom stereocenters. The summed E-state index contributed by atoms with van der Waals surface area (Å²) in [4.78, 5) is 17.3. The second kappa shape index (κ2) is 9.56. The number of terminal acetylenes is 1. The molecule has 0 atom stereocenters. The second-order valence-electron chi connectivity index (χ2n) is 6.91. The fourth-order valence-corrected chi connectivity index (χ4v) is 5.24. The number of amides is 1. The fraction of sp³-hybridized carbons (Fsp3) is 0.273. The van der Waals surface area contributed by atoms with Crippen molar-refractivity contribution < 1.29 is 17.6 Å². The summed E-state index contributed by atoms with van der Waals surface area (Å²) in [6, 6.07) is 9.95. The van der Waals surface area contributed by atoms with Gasteiger partial charge in [0.05, 0.1) is 21.7 Å². The van der Waals surface area contributed by atoms with E-state index in [0.717, 1.165) is 24.2 Å². The van der Waals surface area contributed by atoms with Crippen molar-refractivity contribution in [3.05, 3.63) is 58.6 Å². The zero-order valence-corrected chi connectivity index (χ0v) is 18.8. The lowest BCUT2D eigenvalue weighted by Crippen LogP contribution is -2.27. The van der Waals surface area contributed by atoms with Crippen molar-refractivity contribution in [3.8, 4) is 12.3 Å². The summed E-state index contributed by atoms with van der Waals surface area (Å²) in [6.07, 6.45) is 7.09. The van der Waals surface area contributed by atoms with Crippen LogP contribution in [-0.2, 0) is 16.6 Å². The van der Waals surface area contributed by atoms with Crippen molar-refractivity contribution in [1.29, 1.82) is 0 Å². The van der Waals surface area contributed by atoms with E-state index < -0.39 is 15.9 Å². The molecule has 0 radical (unpaired) electrons. The quantitative estimate of drug-likeness (QED) is 0.507. The molecule has 31 heavy (non-hydrogen) atoms. The number of benzene rings is 2. The van der Waals surface area contributed by atoms with Crippen LogP contribution in [0.4, 0.5) is 4.39 Å². The molecule has 2 aromatic carbocycles. The molecular weight excluding hydrogens is 437 g/mol. The van der Waals surface area contributed by atoms with Gasteiger partial charge in [0.25, 0.3) is 5.91 Å². The first kappa shape index (κ1) is 22.9. The standard InChI is InChI=1S/C22H22FN3O3S2/c1-4-6-14-25(3)31(28,29)18-10-7-16(8-11-18)21(27)24-22-26(13-5-2)19-12-9-17(23)15-20(19)30-22/h2,7-12,15H,4,6,13-14H2,1,3H3. The first-order valence-electron chi connectivity index (χ1n) is 9.65. The first-order valence-corrected chi connectivity index (χ1v) is 11.9. The Morgan fingerprint density at radius 1 is 1.26 bits per heavy atom. The van der Waals surface area contributed by atoms with Crippen LogP contribution < -0.4 is 4.80 Å². The molecular formula is C22H22FN3O3S2. The van der Waals surface area contributed by atoms with E-state index in [2.05, 4.69) is 10.9 Å². The van der Waals surface area contributed by atoms with Gasteiger partial charge in [-0.3, -0.25) is 4.79 Å². The van der Waals surface area contributed by atoms with Gasteiger partial charge < -0.3 is 4.57 Å². The maximum atomic E-state index is 13.6. The van der Waals surface area contributed by atoms with Gasteiger partial charge in [-0.2, -0.15) is 4.99 Å². The van der Waals surface area contributed by atoms with E-state index in [0.29, 0.717) is 21.6 Å². The van der Waals surface area contributed by atoms with Crippen LogP contribution >= 0.6 is 11.3 Å². The number of sulfonamides is 1. The Kier molecular flexibility index (Phi) is 7.05. The summed E-state index contributed by atoms with van der Waals surface area (Å²) in [5, 5.41) is 0. The Hall–Kier alpha value is -2.80. The molecule has 3 aromatic rings. The van der Waals surface area contributed by atoms with Gasteiger partial charge in [0.15, 0.2) is 4.80 Å². The highest BCUT2D eigenvalue weighted by Gasteiger charge is 2.20. The van der Waals surface area contributed by atoms with E-state index in [-0.39, 0.29) is 22.8 Å². The highest BCUT2D eigenvalue weighted by Crippen LogP contribution is 2.19. The Morgan fingerprint density at radius 3 is 2.61 bits per heavy atom. The third-order valence-electron chi connectivity index (χ3n) is 4.73. The van der Waals surface area contributed by atoms with Crippen molar-refractivity contribution in [2.45, 2.75) is 31.2 Å². The third-order valence-corrected chi connectivity index (χ3v) is 7.64. The predicted octanol–water partition coefficient (Wildman–Crippen LogP) is 3.64. The highest BCUT2D eigenvalue weighted by atomic mass is 32.2. The minimum absolute atomic E-state index is 0.113. The Balaban J connectivity index is 1.93. The van der Waals surface area contributed by atoms with E-state index in [4.69, 9.17) is 6.42 Å². The van der Waals surface area contributed by atoms with Crippen LogP contribution in [0.1, 0.15) is 30.1 Å². The molecule has 0 saturated carbocycles. The minimum atomic E-state index is -3.62. The number of hydrogen-bond donors (Lipinski definition) is 0. The monoisotopic (exact) mass is 459 g/mol. The van der Waals surface area contributed by atoms with Crippen LogP contribution in [0, 0.1) is 18.2 Å². The average molecular weight is 460 g/mol. The minimum Gasteiger partial charge on any atom is -0.305 e. The van der Waals surface area contributed by atoms with Crippen LogP contribution in [0.3, 0.4) is 0 Å². The summed E-state index contributed by atoms with van der Waals surface area (Å²) in [5.74, 6) is 1.58. The lowest BCUT2D eigenvalue weighted by Gasteiger charge is -2.16. The van der Waals surface area contributed by atoms with Crippen LogP contribution in [0.2, 0.25) is 0 Å². The largest absolute Gasteiger partial charge is 0.305 e. The number of hydrogen-bond acceptors (Lipinski definition) is 4. The third kappa shape index (κ3) is 4.93. The van der Waals surface area contributed by atoms with Gasteiger partial charge in [0.1, 0.15) is 5.82 Å². The summed E-state index contributed by atoms with van der Waals surface area (Å²) in [7, 11) is -2.08. The molecule has 0 aliphatic carbocycles. The number of aromatic nitrogens is 1. The van der Waals surface area contributed by atoms with E-state index in [1.165, 1.54) is 47.8 Å². The smallest absolute Gasteiger partial charge is 0.279 e. The van der Waals surface area contributed by atoms with Crippen molar-refractivity contribution in [2.75, 3.05) is 13.6 Å². The average Bonchev–Trinajstić information content (AvgIpc) is 3.08. The SMILES string of the molecule is C#CCn1c(=NC(=O)c2ccc(S(=O)(=O)N(C)CCCC)cc2)sc2cc(F)ccc21. The molecule has 0 bridgehead atoms. The number of fused-ring (bicyclic) bond motifs is 1. The molecule has 162 valence electrons. The molecule has 0 fully saturated rings. The molecule has 9 heteroatoms. The molecule has 0 saturated heterocycles. The van der Waals surface area contributed by atoms with E-state index in [9.17, 15) is 17.6 Å². The second-order valence-corrected chi connectivity index (χ2v) is 9.96. The number of thiazole rings is 1. The summed E-state index contributed by atoms with van der Waals surface area (Å²) in [5.41, 5.74) is 0.929. The Morgan fingerprint density at radius 2 is 1.97 bits per heavy atom. The zero-order chi connectivity index (χ0) is 22.6. The number of nitrogens with zero attached hydrogens (tertiary/aromatic N) is 3. The van der Waals surface area contributed by atoms with E-state index in [1.54, 1.807) is 10.6 Å². The van der Waals surface area contributed by atoms with Crippen molar-refractivity contribution in [3.63, 3.8) is 0 Å². The van der Waals surface area contributed by atoms with Crippen molar-refractivity contribution in [2.24, 2.45) is 4.99 Å². The number of carbonyl (C=O) groups is 1. The number of rotatable bonds is 7. The molecule has 0 N–H and O–H groups in total. The van der Waals surface area contributed by atoms with Crippen molar-refractivity contribution >= 4 is 37.5 Å².